The van der Waals surface area contributed by atoms with Gasteiger partial charge in [0, 0.05) is 24.8 Å². The van der Waals surface area contributed by atoms with E-state index in [0.717, 1.165) is 54.4 Å². The highest BCUT2D eigenvalue weighted by Crippen LogP contribution is 2.18. The van der Waals surface area contributed by atoms with Crippen LogP contribution in [0.4, 0.5) is 5.82 Å². The number of fused-ring (bicyclic) bond motifs is 1. The van der Waals surface area contributed by atoms with E-state index in [1.54, 1.807) is 0 Å². The molecule has 0 saturated heterocycles. The molecular formula is C17H26N6O2S. The van der Waals surface area contributed by atoms with Crippen LogP contribution in [0.1, 0.15) is 42.5 Å². The molecule has 2 aromatic heterocycles. The highest BCUT2D eigenvalue weighted by molar-refractivity contribution is 7.88. The van der Waals surface area contributed by atoms with Gasteiger partial charge in [-0.25, -0.2) is 18.4 Å². The Morgan fingerprint density at radius 1 is 1.31 bits per heavy atom. The quantitative estimate of drug-likeness (QED) is 0.823. The predicted molar refractivity (Wildman–Crippen MR) is 100 cm³/mol. The zero-order valence-corrected chi connectivity index (χ0v) is 16.4. The van der Waals surface area contributed by atoms with Gasteiger partial charge in [0.05, 0.1) is 30.7 Å². The van der Waals surface area contributed by atoms with Crippen molar-refractivity contribution in [3.63, 3.8) is 0 Å². The number of nitrogens with one attached hydrogen (secondary N) is 1. The third-order valence-electron chi connectivity index (χ3n) is 4.44. The first kappa shape index (κ1) is 18.8. The molecule has 0 fully saturated rings. The predicted octanol–water partition coefficient (Wildman–Crippen LogP) is 1.71. The van der Waals surface area contributed by atoms with Gasteiger partial charge < -0.3 is 5.32 Å². The molecule has 1 N–H and O–H groups in total. The van der Waals surface area contributed by atoms with Crippen molar-refractivity contribution in [3.05, 3.63) is 35.0 Å². The lowest BCUT2D eigenvalue weighted by atomic mass is 10.2. The van der Waals surface area contributed by atoms with Crippen LogP contribution in [0.15, 0.2) is 12.3 Å². The van der Waals surface area contributed by atoms with Gasteiger partial charge in [0.25, 0.3) is 0 Å². The first-order chi connectivity index (χ1) is 12.4. The van der Waals surface area contributed by atoms with Gasteiger partial charge >= 0.3 is 0 Å². The van der Waals surface area contributed by atoms with Crippen LogP contribution in [0.2, 0.25) is 0 Å². The van der Waals surface area contributed by atoms with Gasteiger partial charge in [-0.05, 0) is 25.8 Å². The summed E-state index contributed by atoms with van der Waals surface area (Å²) in [5.41, 5.74) is 2.91. The molecule has 0 unspecified atom stereocenters. The smallest absolute Gasteiger partial charge is 0.211 e. The normalized spacial score (nSPS) is 15.5. The molecule has 0 spiro atoms. The molecule has 1 aliphatic heterocycles. The molecule has 0 radical (unpaired) electrons. The Morgan fingerprint density at radius 3 is 2.85 bits per heavy atom. The average molecular weight is 379 g/mol. The van der Waals surface area contributed by atoms with Gasteiger partial charge in [-0.2, -0.15) is 9.40 Å². The molecule has 26 heavy (non-hydrogen) atoms. The second-order valence-electron chi connectivity index (χ2n) is 6.69. The Balaban J connectivity index is 1.74. The van der Waals surface area contributed by atoms with Crippen molar-refractivity contribution in [3.8, 4) is 0 Å². The van der Waals surface area contributed by atoms with Crippen LogP contribution in [0.3, 0.4) is 0 Å². The maximum Gasteiger partial charge on any atom is 0.211 e. The standard InChI is InChI=1S/C17H26N6O2S/c1-4-6-14-10-18-13(2)20-17(14)19-11-15-9-16-12-22(26(3,24)25)7-5-8-23(16)21-15/h9-10H,4-8,11-12H2,1-3H3,(H,18,19,20). The summed E-state index contributed by atoms with van der Waals surface area (Å²) < 4.78 is 27.2. The van der Waals surface area contributed by atoms with Gasteiger partial charge in [0.1, 0.15) is 11.6 Å². The number of anilines is 1. The van der Waals surface area contributed by atoms with Crippen molar-refractivity contribution in [2.45, 2.75) is 52.7 Å². The highest BCUT2D eigenvalue weighted by Gasteiger charge is 2.22. The van der Waals surface area contributed by atoms with Crippen LogP contribution in [0.5, 0.6) is 0 Å². The second-order valence-corrected chi connectivity index (χ2v) is 8.68. The molecule has 8 nitrogen and oxygen atoms in total. The lowest BCUT2D eigenvalue weighted by molar-refractivity contribution is 0.414. The molecule has 3 heterocycles. The van der Waals surface area contributed by atoms with Gasteiger partial charge in [-0.3, -0.25) is 4.68 Å². The summed E-state index contributed by atoms with van der Waals surface area (Å²) in [5, 5.41) is 7.99. The lowest BCUT2D eigenvalue weighted by Crippen LogP contribution is -2.29. The first-order valence-corrected chi connectivity index (χ1v) is 10.8. The van der Waals surface area contributed by atoms with E-state index in [1.165, 1.54) is 10.6 Å². The molecule has 0 aromatic carbocycles. The largest absolute Gasteiger partial charge is 0.364 e. The molecule has 0 bridgehead atoms. The van der Waals surface area contributed by atoms with E-state index in [1.807, 2.05) is 23.9 Å². The fourth-order valence-electron chi connectivity index (χ4n) is 3.14. The number of nitrogens with zero attached hydrogens (tertiary/aromatic N) is 5. The Kier molecular flexibility index (Phi) is 5.57. The summed E-state index contributed by atoms with van der Waals surface area (Å²) in [6.07, 6.45) is 5.85. The van der Waals surface area contributed by atoms with Crippen molar-refractivity contribution in [2.75, 3.05) is 18.1 Å². The summed E-state index contributed by atoms with van der Waals surface area (Å²) in [6, 6.07) is 1.98. The zero-order chi connectivity index (χ0) is 18.7. The molecule has 1 aliphatic rings. The molecule has 0 saturated carbocycles. The van der Waals surface area contributed by atoms with Crippen LogP contribution < -0.4 is 5.32 Å². The van der Waals surface area contributed by atoms with Crippen LogP contribution in [-0.4, -0.2) is 45.3 Å². The number of aryl methyl sites for hydroxylation is 3. The molecule has 9 heteroatoms. The molecule has 142 valence electrons. The van der Waals surface area contributed by atoms with E-state index in [-0.39, 0.29) is 0 Å². The monoisotopic (exact) mass is 378 g/mol. The Morgan fingerprint density at radius 2 is 2.12 bits per heavy atom. The van der Waals surface area contributed by atoms with Crippen LogP contribution in [-0.2, 0) is 36.1 Å². The number of aromatic nitrogens is 4. The summed E-state index contributed by atoms with van der Waals surface area (Å²) >= 11 is 0. The highest BCUT2D eigenvalue weighted by atomic mass is 32.2. The number of rotatable bonds is 6. The van der Waals surface area contributed by atoms with E-state index in [9.17, 15) is 8.42 Å². The minimum Gasteiger partial charge on any atom is -0.364 e. The van der Waals surface area contributed by atoms with Crippen LogP contribution in [0, 0.1) is 6.92 Å². The zero-order valence-electron chi connectivity index (χ0n) is 15.6. The number of hydrogen-bond donors (Lipinski definition) is 1. The SMILES string of the molecule is CCCc1cnc(C)nc1NCc1cc2n(n1)CCCN(S(C)(=O)=O)C2. The minimum atomic E-state index is -3.19. The van der Waals surface area contributed by atoms with E-state index in [2.05, 4.69) is 27.3 Å². The van der Waals surface area contributed by atoms with Crippen LogP contribution in [0.25, 0.3) is 0 Å². The second kappa shape index (κ2) is 7.71. The average Bonchev–Trinajstić information content (AvgIpc) is 2.84. The topological polar surface area (TPSA) is 93.0 Å². The van der Waals surface area contributed by atoms with Gasteiger partial charge in [-0.15, -0.1) is 0 Å². The van der Waals surface area contributed by atoms with Crippen molar-refractivity contribution in [1.82, 2.24) is 24.1 Å². The molecule has 0 aliphatic carbocycles. The maximum absolute atomic E-state index is 11.9. The first-order valence-electron chi connectivity index (χ1n) is 8.94. The Bertz CT molecular complexity index is 877. The summed E-state index contributed by atoms with van der Waals surface area (Å²) in [5.74, 6) is 1.58. The molecule has 3 rings (SSSR count). The van der Waals surface area contributed by atoms with E-state index in [0.29, 0.717) is 19.6 Å². The third-order valence-corrected chi connectivity index (χ3v) is 5.69. The van der Waals surface area contributed by atoms with Gasteiger partial charge in [0.15, 0.2) is 0 Å². The van der Waals surface area contributed by atoms with Crippen molar-refractivity contribution in [1.29, 1.82) is 0 Å². The van der Waals surface area contributed by atoms with Crippen LogP contribution >= 0.6 is 0 Å². The molecule has 0 amide bonds. The van der Waals surface area contributed by atoms with Crippen molar-refractivity contribution in [2.24, 2.45) is 0 Å². The van der Waals surface area contributed by atoms with E-state index in [4.69, 9.17) is 0 Å². The molecule has 0 atom stereocenters. The van der Waals surface area contributed by atoms with E-state index < -0.39 is 10.0 Å². The lowest BCUT2D eigenvalue weighted by Gasteiger charge is -2.16. The minimum absolute atomic E-state index is 0.375. The number of hydrogen-bond acceptors (Lipinski definition) is 6. The van der Waals surface area contributed by atoms with Crippen molar-refractivity contribution >= 4 is 15.8 Å². The summed E-state index contributed by atoms with van der Waals surface area (Å²) in [6.45, 7) is 6.19. The fourth-order valence-corrected chi connectivity index (χ4v) is 3.96. The number of sulfonamides is 1. The molecular weight excluding hydrogens is 352 g/mol. The summed E-state index contributed by atoms with van der Waals surface area (Å²) in [7, 11) is -3.19. The fraction of sp³-hybridized carbons (Fsp3) is 0.588. The Hall–Kier alpha value is -2.00. The van der Waals surface area contributed by atoms with Crippen molar-refractivity contribution < 1.29 is 8.42 Å². The third kappa shape index (κ3) is 4.39. The van der Waals surface area contributed by atoms with Gasteiger partial charge in [-0.1, -0.05) is 13.3 Å². The Labute approximate surface area is 154 Å². The van der Waals surface area contributed by atoms with Gasteiger partial charge in [0.2, 0.25) is 10.0 Å². The maximum atomic E-state index is 11.9. The summed E-state index contributed by atoms with van der Waals surface area (Å²) in [4.78, 5) is 8.78. The van der Waals surface area contributed by atoms with E-state index >= 15 is 0 Å². The molecule has 2 aromatic rings.